The van der Waals surface area contributed by atoms with Crippen LogP contribution in [0.2, 0.25) is 0 Å². The largest absolute Gasteiger partial charge is 0.314 e. The number of hydroxylamine groups is 2. The van der Waals surface area contributed by atoms with Gasteiger partial charge in [0.05, 0.1) is 12.6 Å². The van der Waals surface area contributed by atoms with Crippen LogP contribution < -0.4 is 0 Å². The quantitative estimate of drug-likeness (QED) is 0.333. The van der Waals surface area contributed by atoms with E-state index < -0.39 is 0 Å². The summed E-state index contributed by atoms with van der Waals surface area (Å²) in [5, 5.41) is 9.69. The smallest absolute Gasteiger partial charge is 0.234 e. The molecule has 1 atom stereocenters. The van der Waals surface area contributed by atoms with Crippen LogP contribution in [0, 0.1) is 0 Å². The molecule has 1 N–H and O–H groups in total. The van der Waals surface area contributed by atoms with Crippen LogP contribution in [0.1, 0.15) is 6.92 Å². The van der Waals surface area contributed by atoms with Crippen molar-refractivity contribution in [3.05, 3.63) is 0 Å². The molecule has 0 spiro atoms. The van der Waals surface area contributed by atoms with Gasteiger partial charge in [0.15, 0.2) is 0 Å². The second kappa shape index (κ2) is 4.21. The van der Waals surface area contributed by atoms with Crippen LogP contribution in [-0.2, 0) is 4.79 Å². The SMILES string of the molecule is CC(CN=C=O)N(C)O. The number of hydrogen-bond donors (Lipinski definition) is 1. The minimum absolute atomic E-state index is 0.119. The van der Waals surface area contributed by atoms with E-state index in [0.717, 1.165) is 5.06 Å². The molecule has 0 aliphatic heterocycles. The van der Waals surface area contributed by atoms with Crippen molar-refractivity contribution in [3.63, 3.8) is 0 Å². The number of carbonyl (C=O) groups excluding carboxylic acids is 1. The van der Waals surface area contributed by atoms with Crippen LogP contribution in [0.5, 0.6) is 0 Å². The Morgan fingerprint density at radius 3 is 2.78 bits per heavy atom. The molecule has 0 saturated heterocycles. The van der Waals surface area contributed by atoms with Crippen molar-refractivity contribution >= 4 is 6.08 Å². The first-order valence-corrected chi connectivity index (χ1v) is 2.63. The molecule has 1 unspecified atom stereocenters. The van der Waals surface area contributed by atoms with E-state index in [1.54, 1.807) is 6.92 Å². The van der Waals surface area contributed by atoms with Gasteiger partial charge < -0.3 is 5.21 Å². The number of aliphatic imine (C=N–C) groups is 1. The fourth-order valence-corrected chi connectivity index (χ4v) is 0.288. The van der Waals surface area contributed by atoms with E-state index in [4.69, 9.17) is 5.21 Å². The lowest BCUT2D eigenvalue weighted by atomic mass is 10.3. The summed E-state index contributed by atoms with van der Waals surface area (Å²) in [6.45, 7) is 2.04. The van der Waals surface area contributed by atoms with E-state index in [0.29, 0.717) is 0 Å². The van der Waals surface area contributed by atoms with Gasteiger partial charge in [-0.3, -0.25) is 0 Å². The maximum Gasteiger partial charge on any atom is 0.234 e. The van der Waals surface area contributed by atoms with Crippen molar-refractivity contribution in [1.29, 1.82) is 0 Å². The molecule has 9 heavy (non-hydrogen) atoms. The minimum Gasteiger partial charge on any atom is -0.314 e. The number of hydrogen-bond acceptors (Lipinski definition) is 4. The van der Waals surface area contributed by atoms with Crippen LogP contribution in [0.15, 0.2) is 4.99 Å². The van der Waals surface area contributed by atoms with Gasteiger partial charge in [-0.1, -0.05) is 0 Å². The third kappa shape index (κ3) is 3.85. The first-order valence-electron chi connectivity index (χ1n) is 2.63. The molecule has 0 heterocycles. The summed E-state index contributed by atoms with van der Waals surface area (Å²) >= 11 is 0. The first-order chi connectivity index (χ1) is 4.18. The van der Waals surface area contributed by atoms with Gasteiger partial charge in [0, 0.05) is 7.05 Å². The number of rotatable bonds is 3. The maximum absolute atomic E-state index is 9.54. The highest BCUT2D eigenvalue weighted by Crippen LogP contribution is 1.89. The molecule has 0 radical (unpaired) electrons. The molecule has 0 fully saturated rings. The second-order valence-corrected chi connectivity index (χ2v) is 1.85. The van der Waals surface area contributed by atoms with Crippen LogP contribution in [0.3, 0.4) is 0 Å². The fraction of sp³-hybridized carbons (Fsp3) is 0.800. The molecule has 0 amide bonds. The number of likely N-dealkylation sites (N-methyl/N-ethyl adjacent to an activating group) is 1. The maximum atomic E-state index is 9.54. The molecule has 0 aliphatic carbocycles. The lowest BCUT2D eigenvalue weighted by molar-refractivity contribution is -0.0935. The van der Waals surface area contributed by atoms with Crippen LogP contribution in [0.4, 0.5) is 0 Å². The van der Waals surface area contributed by atoms with Crippen molar-refractivity contribution in [2.75, 3.05) is 13.6 Å². The molecule has 0 rings (SSSR count). The Balaban J connectivity index is 3.49. The lowest BCUT2D eigenvalue weighted by Gasteiger charge is -2.13. The standard InChI is InChI=1S/C5H10N2O2/c1-5(7(2)9)3-6-4-8/h5,9H,3H2,1-2H3. The van der Waals surface area contributed by atoms with Gasteiger partial charge >= 0.3 is 0 Å². The van der Waals surface area contributed by atoms with Crippen LogP contribution in [0.25, 0.3) is 0 Å². The summed E-state index contributed by atoms with van der Waals surface area (Å²) in [4.78, 5) is 12.8. The Morgan fingerprint density at radius 2 is 2.44 bits per heavy atom. The van der Waals surface area contributed by atoms with Crippen molar-refractivity contribution in [2.45, 2.75) is 13.0 Å². The first kappa shape index (κ1) is 8.30. The summed E-state index contributed by atoms with van der Waals surface area (Å²) < 4.78 is 0. The summed E-state index contributed by atoms with van der Waals surface area (Å²) in [6.07, 6.45) is 1.39. The van der Waals surface area contributed by atoms with Crippen molar-refractivity contribution in [2.24, 2.45) is 4.99 Å². The third-order valence-electron chi connectivity index (χ3n) is 1.06. The van der Waals surface area contributed by atoms with Crippen LogP contribution in [-0.4, -0.2) is 36.0 Å². The molecule has 0 bridgehead atoms. The van der Waals surface area contributed by atoms with E-state index in [1.807, 2.05) is 0 Å². The Morgan fingerprint density at radius 1 is 1.89 bits per heavy atom. The molecule has 4 heteroatoms. The number of nitrogens with zero attached hydrogens (tertiary/aromatic N) is 2. The molecular formula is C5H10N2O2. The molecule has 0 aromatic rings. The highest BCUT2D eigenvalue weighted by molar-refractivity contribution is 5.32. The predicted octanol–water partition coefficient (Wildman–Crippen LogP) is 0.0317. The average molecular weight is 130 g/mol. The zero-order valence-electron chi connectivity index (χ0n) is 5.53. The monoisotopic (exact) mass is 130 g/mol. The van der Waals surface area contributed by atoms with Gasteiger partial charge in [-0.15, -0.1) is 0 Å². The van der Waals surface area contributed by atoms with Crippen molar-refractivity contribution < 1.29 is 10.0 Å². The fourth-order valence-electron chi connectivity index (χ4n) is 0.288. The van der Waals surface area contributed by atoms with Gasteiger partial charge in [-0.2, -0.15) is 5.06 Å². The topological polar surface area (TPSA) is 52.9 Å². The van der Waals surface area contributed by atoms with Gasteiger partial charge in [-0.05, 0) is 6.92 Å². The molecule has 52 valence electrons. The highest BCUT2D eigenvalue weighted by atomic mass is 16.5. The zero-order chi connectivity index (χ0) is 7.28. The Kier molecular flexibility index (Phi) is 3.88. The highest BCUT2D eigenvalue weighted by Gasteiger charge is 2.02. The van der Waals surface area contributed by atoms with Gasteiger partial charge in [0.25, 0.3) is 0 Å². The van der Waals surface area contributed by atoms with E-state index in [9.17, 15) is 4.79 Å². The van der Waals surface area contributed by atoms with Gasteiger partial charge in [0.2, 0.25) is 6.08 Å². The average Bonchev–Trinajstić information content (AvgIpc) is 1.82. The lowest BCUT2D eigenvalue weighted by Crippen LogP contribution is -2.27. The normalized spacial score (nSPS) is 12.9. The molecule has 0 aromatic carbocycles. The Bertz CT molecular complexity index is 118. The van der Waals surface area contributed by atoms with E-state index in [2.05, 4.69) is 4.99 Å². The zero-order valence-corrected chi connectivity index (χ0v) is 5.53. The van der Waals surface area contributed by atoms with E-state index in [1.165, 1.54) is 13.1 Å². The molecule has 0 aliphatic rings. The predicted molar refractivity (Wildman–Crippen MR) is 32.0 cm³/mol. The van der Waals surface area contributed by atoms with Gasteiger partial charge in [0.1, 0.15) is 0 Å². The molecule has 4 nitrogen and oxygen atoms in total. The third-order valence-corrected chi connectivity index (χ3v) is 1.06. The van der Waals surface area contributed by atoms with E-state index >= 15 is 0 Å². The molecule has 0 aromatic heterocycles. The number of isocyanates is 1. The molecular weight excluding hydrogens is 120 g/mol. The van der Waals surface area contributed by atoms with Crippen molar-refractivity contribution in [1.82, 2.24) is 5.06 Å². The van der Waals surface area contributed by atoms with E-state index in [-0.39, 0.29) is 12.6 Å². The molecule has 0 saturated carbocycles. The second-order valence-electron chi connectivity index (χ2n) is 1.85. The van der Waals surface area contributed by atoms with Gasteiger partial charge in [-0.25, -0.2) is 9.79 Å². The van der Waals surface area contributed by atoms with Crippen molar-refractivity contribution in [3.8, 4) is 0 Å². The van der Waals surface area contributed by atoms with Crippen LogP contribution >= 0.6 is 0 Å². The Labute approximate surface area is 53.8 Å². The minimum atomic E-state index is -0.119. The summed E-state index contributed by atoms with van der Waals surface area (Å²) in [5.41, 5.74) is 0. The summed E-state index contributed by atoms with van der Waals surface area (Å²) in [5.74, 6) is 0. The summed E-state index contributed by atoms with van der Waals surface area (Å²) in [6, 6.07) is -0.119. The summed E-state index contributed by atoms with van der Waals surface area (Å²) in [7, 11) is 1.50. The Hall–Kier alpha value is -0.700.